The third-order valence-corrected chi connectivity index (χ3v) is 9.38. The zero-order chi connectivity index (χ0) is 25.3. The van der Waals surface area contributed by atoms with Gasteiger partial charge in [-0.05, 0) is 91.7 Å². The van der Waals surface area contributed by atoms with Gasteiger partial charge in [-0.1, -0.05) is 43.8 Å². The molecule has 4 aliphatic rings. The number of nitrogens with one attached hydrogen (secondary N) is 1. The molecule has 7 heteroatoms. The first-order valence-electron chi connectivity index (χ1n) is 13.5. The Morgan fingerprint density at radius 1 is 1.22 bits per heavy atom. The fourth-order valence-corrected chi connectivity index (χ4v) is 8.00. The van der Waals surface area contributed by atoms with Gasteiger partial charge in [-0.2, -0.15) is 0 Å². The highest BCUT2D eigenvalue weighted by atomic mass is 32.2. The Bertz CT molecular complexity index is 1070. The Morgan fingerprint density at radius 2 is 1.92 bits per heavy atom. The van der Waals surface area contributed by atoms with Gasteiger partial charge in [-0.15, -0.1) is 16.8 Å². The number of amides is 1. The number of aromatic nitrogens is 3. The molecule has 1 amide bonds. The van der Waals surface area contributed by atoms with Gasteiger partial charge in [0.25, 0.3) is 0 Å². The summed E-state index contributed by atoms with van der Waals surface area (Å²) in [5.74, 6) is 5.13. The van der Waals surface area contributed by atoms with Gasteiger partial charge in [0.2, 0.25) is 5.91 Å². The Kier molecular flexibility index (Phi) is 7.47. The number of ether oxygens (including phenoxy) is 1. The molecular weight excluding hydrogens is 468 g/mol. The molecule has 1 N–H and O–H groups in total. The Morgan fingerprint density at radius 3 is 2.56 bits per heavy atom. The molecule has 1 aromatic carbocycles. The predicted octanol–water partition coefficient (Wildman–Crippen LogP) is 5.90. The number of aryl methyl sites for hydroxylation is 1. The normalized spacial score (nSPS) is 26.4. The van der Waals surface area contributed by atoms with E-state index in [0.29, 0.717) is 30.2 Å². The van der Waals surface area contributed by atoms with Crippen LogP contribution in [0.2, 0.25) is 0 Å². The van der Waals surface area contributed by atoms with Crippen LogP contribution in [0.3, 0.4) is 0 Å². The second-order valence-electron chi connectivity index (χ2n) is 11.8. The molecule has 6 nitrogen and oxygen atoms in total. The van der Waals surface area contributed by atoms with Crippen LogP contribution in [-0.4, -0.2) is 33.0 Å². The molecule has 0 aliphatic heterocycles. The molecule has 2 aromatic rings. The summed E-state index contributed by atoms with van der Waals surface area (Å²) in [6.45, 7) is 12.0. The van der Waals surface area contributed by atoms with Gasteiger partial charge in [0, 0.05) is 13.1 Å². The Hall–Kier alpha value is -2.28. The lowest BCUT2D eigenvalue weighted by molar-refractivity contribution is -0.120. The molecule has 6 rings (SSSR count). The smallest absolute Gasteiger partial charge is 0.230 e. The van der Waals surface area contributed by atoms with Crippen LogP contribution in [0.4, 0.5) is 0 Å². The predicted molar refractivity (Wildman–Crippen MR) is 144 cm³/mol. The minimum Gasteiger partial charge on any atom is -0.485 e. The van der Waals surface area contributed by atoms with Crippen LogP contribution in [0.1, 0.15) is 75.2 Å². The van der Waals surface area contributed by atoms with Crippen LogP contribution in [0.5, 0.6) is 5.75 Å². The maximum Gasteiger partial charge on any atom is 0.230 e. The number of carbonyl (C=O) groups excluding carboxylic acids is 1. The molecule has 0 radical (unpaired) electrons. The summed E-state index contributed by atoms with van der Waals surface area (Å²) in [5.41, 5.74) is 2.70. The maximum atomic E-state index is 12.8. The third-order valence-electron chi connectivity index (χ3n) is 8.41. The highest BCUT2D eigenvalue weighted by Gasteiger charge is 2.50. The summed E-state index contributed by atoms with van der Waals surface area (Å²) in [4.78, 5) is 12.8. The third kappa shape index (κ3) is 5.51. The number of benzene rings is 1. The highest BCUT2D eigenvalue weighted by Crippen LogP contribution is 2.59. The van der Waals surface area contributed by atoms with Crippen molar-refractivity contribution in [3.05, 3.63) is 47.8 Å². The maximum absolute atomic E-state index is 12.8. The number of thioether (sulfide) groups is 1. The van der Waals surface area contributed by atoms with E-state index in [1.807, 2.05) is 10.6 Å². The summed E-state index contributed by atoms with van der Waals surface area (Å²) in [6.07, 6.45) is 10.0. The van der Waals surface area contributed by atoms with Crippen molar-refractivity contribution in [2.24, 2.45) is 23.2 Å². The molecule has 0 atom stereocenters. The molecule has 4 aliphatic carbocycles. The molecule has 194 valence electrons. The van der Waals surface area contributed by atoms with Crippen molar-refractivity contribution in [3.63, 3.8) is 0 Å². The van der Waals surface area contributed by atoms with Gasteiger partial charge in [0.1, 0.15) is 12.4 Å². The van der Waals surface area contributed by atoms with Gasteiger partial charge in [-0.25, -0.2) is 0 Å². The number of allylic oxidation sites excluding steroid dienone is 1. The van der Waals surface area contributed by atoms with Crippen LogP contribution >= 0.6 is 11.8 Å². The van der Waals surface area contributed by atoms with E-state index in [0.717, 1.165) is 46.6 Å². The number of carbonyl (C=O) groups is 1. The van der Waals surface area contributed by atoms with Crippen LogP contribution in [0.15, 0.2) is 36.0 Å². The van der Waals surface area contributed by atoms with Crippen LogP contribution in [-0.2, 0) is 17.9 Å². The van der Waals surface area contributed by atoms with E-state index in [9.17, 15) is 4.79 Å². The van der Waals surface area contributed by atoms with Crippen LogP contribution in [0, 0.1) is 30.1 Å². The molecule has 1 aromatic heterocycles. The van der Waals surface area contributed by atoms with E-state index in [1.54, 1.807) is 0 Å². The summed E-state index contributed by atoms with van der Waals surface area (Å²) >= 11 is 1.44. The van der Waals surface area contributed by atoms with Gasteiger partial charge in [0.05, 0.1) is 5.75 Å². The zero-order valence-corrected chi connectivity index (χ0v) is 22.8. The van der Waals surface area contributed by atoms with E-state index in [1.165, 1.54) is 55.9 Å². The van der Waals surface area contributed by atoms with Crippen molar-refractivity contribution >= 4 is 17.7 Å². The summed E-state index contributed by atoms with van der Waals surface area (Å²) in [5, 5.41) is 12.8. The molecule has 1 heterocycles. The van der Waals surface area contributed by atoms with Crippen molar-refractivity contribution in [2.45, 2.75) is 83.5 Å². The number of nitrogens with zero attached hydrogens (tertiary/aromatic N) is 3. The van der Waals surface area contributed by atoms with E-state index >= 15 is 0 Å². The van der Waals surface area contributed by atoms with E-state index in [4.69, 9.17) is 4.74 Å². The second-order valence-corrected chi connectivity index (χ2v) is 12.7. The molecule has 0 spiro atoms. The van der Waals surface area contributed by atoms with Crippen LogP contribution in [0.25, 0.3) is 0 Å². The zero-order valence-electron chi connectivity index (χ0n) is 22.0. The molecular formula is C29H40N4O2S. The van der Waals surface area contributed by atoms with Gasteiger partial charge in [0.15, 0.2) is 11.0 Å². The average molecular weight is 509 g/mol. The average Bonchev–Trinajstić information content (AvgIpc) is 3.21. The number of hydrogen-bond donors (Lipinski definition) is 1. The number of hydrogen-bond acceptors (Lipinski definition) is 5. The number of rotatable bonds is 11. The largest absolute Gasteiger partial charge is 0.485 e. The fourth-order valence-electron chi connectivity index (χ4n) is 7.20. The minimum atomic E-state index is 0.0861. The SMILES string of the molecule is C=CCn1c(COc2cc(C)ccc2C(C)C)nnc1SCC(=O)NCC12CC3CC(CC(C3)C1)C2. The molecule has 4 saturated carbocycles. The lowest BCUT2D eigenvalue weighted by Gasteiger charge is -2.56. The first-order valence-corrected chi connectivity index (χ1v) is 14.5. The molecule has 36 heavy (non-hydrogen) atoms. The Balaban J connectivity index is 1.17. The molecule has 0 unspecified atom stereocenters. The first-order chi connectivity index (χ1) is 17.3. The van der Waals surface area contributed by atoms with Crippen molar-refractivity contribution in [1.82, 2.24) is 20.1 Å². The van der Waals surface area contributed by atoms with Gasteiger partial charge < -0.3 is 10.1 Å². The van der Waals surface area contributed by atoms with E-state index in [2.05, 4.69) is 61.1 Å². The topological polar surface area (TPSA) is 69.0 Å². The van der Waals surface area contributed by atoms with Crippen molar-refractivity contribution < 1.29 is 9.53 Å². The lowest BCUT2D eigenvalue weighted by Crippen LogP contribution is -2.51. The standard InChI is InChI=1S/C29H40N4O2S/c1-5-8-33-26(16-35-25-9-20(4)6-7-24(25)19(2)3)31-32-28(33)36-17-27(34)30-18-29-13-21-10-22(14-29)12-23(11-21)15-29/h5-7,9,19,21-23H,1,8,10-18H2,2-4H3,(H,30,34). The van der Waals surface area contributed by atoms with Crippen molar-refractivity contribution in [2.75, 3.05) is 12.3 Å². The Labute approximate surface area is 219 Å². The quantitative estimate of drug-likeness (QED) is 0.302. The van der Waals surface area contributed by atoms with Crippen LogP contribution < -0.4 is 10.1 Å². The second kappa shape index (κ2) is 10.6. The van der Waals surface area contributed by atoms with E-state index in [-0.39, 0.29) is 5.91 Å². The van der Waals surface area contributed by atoms with E-state index < -0.39 is 0 Å². The minimum absolute atomic E-state index is 0.0861. The highest BCUT2D eigenvalue weighted by molar-refractivity contribution is 7.99. The summed E-state index contributed by atoms with van der Waals surface area (Å²) < 4.78 is 8.20. The summed E-state index contributed by atoms with van der Waals surface area (Å²) in [7, 11) is 0. The molecule has 4 fully saturated rings. The van der Waals surface area contributed by atoms with Crippen molar-refractivity contribution in [3.8, 4) is 5.75 Å². The summed E-state index contributed by atoms with van der Waals surface area (Å²) in [6, 6.07) is 6.33. The fraction of sp³-hybridized carbons (Fsp3) is 0.621. The molecule has 0 saturated heterocycles. The van der Waals surface area contributed by atoms with Gasteiger partial charge >= 0.3 is 0 Å². The van der Waals surface area contributed by atoms with Crippen molar-refractivity contribution in [1.29, 1.82) is 0 Å². The molecule has 4 bridgehead atoms. The monoisotopic (exact) mass is 508 g/mol. The lowest BCUT2D eigenvalue weighted by atomic mass is 9.49. The van der Waals surface area contributed by atoms with Gasteiger partial charge in [-0.3, -0.25) is 9.36 Å². The first kappa shape index (κ1) is 25.4.